The van der Waals surface area contributed by atoms with Crippen LogP contribution in [0.1, 0.15) is 44.4 Å². The van der Waals surface area contributed by atoms with E-state index in [1.807, 2.05) is 0 Å². The van der Waals surface area contributed by atoms with Crippen molar-refractivity contribution in [2.24, 2.45) is 10.9 Å². The fourth-order valence-corrected chi connectivity index (χ4v) is 3.79. The largest absolute Gasteiger partial charge is 0.490 e. The Morgan fingerprint density at radius 2 is 1.97 bits per heavy atom. The standard InChI is InChI=1S/C24H25FN4O3/c1-13(2)19-8-15(11-26)22-16-9-21(23(27)28-12-16)32-14(3)18-10-17(25)4-5-20(18)30-6-7-31-24(22)29-19/h4-5,9-10,12-14,19H,6-8H2,1-3H3,(H2,27,28). The monoisotopic (exact) mass is 436 g/mol. The zero-order chi connectivity index (χ0) is 22.8. The van der Waals surface area contributed by atoms with Gasteiger partial charge in [0.05, 0.1) is 17.7 Å². The molecule has 2 aliphatic rings. The minimum atomic E-state index is -0.559. The lowest BCUT2D eigenvalue weighted by Crippen LogP contribution is -2.25. The fraction of sp³-hybridized carbons (Fsp3) is 0.375. The topological polar surface area (TPSA) is 103 Å². The van der Waals surface area contributed by atoms with Crippen molar-refractivity contribution in [3.05, 3.63) is 53.0 Å². The second-order valence-corrected chi connectivity index (χ2v) is 8.16. The van der Waals surface area contributed by atoms with Gasteiger partial charge in [0, 0.05) is 29.3 Å². The average molecular weight is 436 g/mol. The summed E-state index contributed by atoms with van der Waals surface area (Å²) in [6.45, 7) is 6.32. The lowest BCUT2D eigenvalue weighted by atomic mass is 9.89. The minimum Gasteiger partial charge on any atom is -0.490 e. The number of dihydropyridines is 1. The van der Waals surface area contributed by atoms with Crippen LogP contribution in [0.5, 0.6) is 11.5 Å². The van der Waals surface area contributed by atoms with Crippen LogP contribution in [-0.4, -0.2) is 30.1 Å². The van der Waals surface area contributed by atoms with E-state index in [0.717, 1.165) is 0 Å². The number of anilines is 1. The summed E-state index contributed by atoms with van der Waals surface area (Å²) in [7, 11) is 0. The third-order valence-electron chi connectivity index (χ3n) is 5.58. The van der Waals surface area contributed by atoms with E-state index in [-0.39, 0.29) is 31.0 Å². The summed E-state index contributed by atoms with van der Waals surface area (Å²) in [6, 6.07) is 8.24. The molecule has 2 bridgehead atoms. The molecule has 0 saturated heterocycles. The Balaban J connectivity index is 1.84. The van der Waals surface area contributed by atoms with Crippen molar-refractivity contribution in [1.82, 2.24) is 4.98 Å². The van der Waals surface area contributed by atoms with Gasteiger partial charge in [0.25, 0.3) is 0 Å². The Morgan fingerprint density at radius 3 is 2.72 bits per heavy atom. The number of benzene rings is 1. The van der Waals surface area contributed by atoms with Crippen LogP contribution >= 0.6 is 0 Å². The van der Waals surface area contributed by atoms with Crippen molar-refractivity contribution >= 4 is 17.3 Å². The van der Waals surface area contributed by atoms with Gasteiger partial charge in [0.2, 0.25) is 5.90 Å². The number of nitrogen functional groups attached to an aromatic ring is 1. The zero-order valence-corrected chi connectivity index (χ0v) is 18.3. The van der Waals surface area contributed by atoms with Gasteiger partial charge >= 0.3 is 0 Å². The molecule has 0 radical (unpaired) electrons. The maximum Gasteiger partial charge on any atom is 0.218 e. The minimum absolute atomic E-state index is 0.0683. The molecule has 1 aromatic carbocycles. The summed E-state index contributed by atoms with van der Waals surface area (Å²) < 4.78 is 31.9. The molecule has 8 heteroatoms. The van der Waals surface area contributed by atoms with E-state index in [1.165, 1.54) is 12.1 Å². The SMILES string of the molecule is CC1Oc2cc(cnc2N)C2=C(C#N)CC(C(C)C)N=C2OCCOc2ccc(F)cc21. The summed E-state index contributed by atoms with van der Waals surface area (Å²) >= 11 is 0. The highest BCUT2D eigenvalue weighted by molar-refractivity contribution is 6.22. The van der Waals surface area contributed by atoms with Crippen LogP contribution < -0.4 is 15.2 Å². The summed E-state index contributed by atoms with van der Waals surface area (Å²) in [5, 5.41) is 9.88. The zero-order valence-electron chi connectivity index (χ0n) is 18.3. The van der Waals surface area contributed by atoms with Gasteiger partial charge in [-0.25, -0.2) is 14.4 Å². The molecule has 2 unspecified atom stereocenters. The molecule has 7 nitrogen and oxygen atoms in total. The van der Waals surface area contributed by atoms with Crippen LogP contribution in [0.15, 0.2) is 41.0 Å². The molecule has 166 valence electrons. The molecular formula is C24H25FN4O3. The molecule has 2 atom stereocenters. The summed E-state index contributed by atoms with van der Waals surface area (Å²) in [6.07, 6.45) is 1.53. The van der Waals surface area contributed by atoms with Gasteiger partial charge in [0.15, 0.2) is 11.6 Å². The van der Waals surface area contributed by atoms with Gasteiger partial charge < -0.3 is 19.9 Å². The number of rotatable bonds is 1. The highest BCUT2D eigenvalue weighted by Crippen LogP contribution is 2.36. The van der Waals surface area contributed by atoms with Crippen LogP contribution in [0.2, 0.25) is 0 Å². The van der Waals surface area contributed by atoms with Crippen LogP contribution in [0.25, 0.3) is 5.57 Å². The van der Waals surface area contributed by atoms with E-state index < -0.39 is 11.9 Å². The molecule has 32 heavy (non-hydrogen) atoms. The number of hydrogen-bond donors (Lipinski definition) is 1. The lowest BCUT2D eigenvalue weighted by molar-refractivity contribution is 0.193. The Bertz CT molecular complexity index is 1140. The number of nitriles is 1. The van der Waals surface area contributed by atoms with Crippen molar-refractivity contribution in [3.63, 3.8) is 0 Å². The maximum absolute atomic E-state index is 13.9. The number of halogens is 1. The fourth-order valence-electron chi connectivity index (χ4n) is 3.79. The van der Waals surface area contributed by atoms with E-state index in [4.69, 9.17) is 24.9 Å². The lowest BCUT2D eigenvalue weighted by Gasteiger charge is -2.26. The quantitative estimate of drug-likeness (QED) is 0.708. The first-order chi connectivity index (χ1) is 15.4. The smallest absolute Gasteiger partial charge is 0.218 e. The van der Waals surface area contributed by atoms with Gasteiger partial charge in [0.1, 0.15) is 30.9 Å². The van der Waals surface area contributed by atoms with E-state index in [2.05, 4.69) is 24.9 Å². The molecule has 1 aromatic heterocycles. The van der Waals surface area contributed by atoms with E-state index in [9.17, 15) is 9.65 Å². The van der Waals surface area contributed by atoms with Crippen molar-refractivity contribution in [2.75, 3.05) is 18.9 Å². The molecule has 2 aliphatic heterocycles. The molecule has 3 heterocycles. The normalized spacial score (nSPS) is 20.7. The number of nitrogens with zero attached hydrogens (tertiary/aromatic N) is 3. The van der Waals surface area contributed by atoms with Gasteiger partial charge in [-0.2, -0.15) is 5.26 Å². The molecule has 0 spiro atoms. The molecule has 0 saturated carbocycles. The summed E-state index contributed by atoms with van der Waals surface area (Å²) in [5.41, 5.74) is 8.39. The molecule has 2 N–H and O–H groups in total. The van der Waals surface area contributed by atoms with Gasteiger partial charge in [-0.1, -0.05) is 13.8 Å². The molecule has 4 rings (SSSR count). The molecule has 0 aliphatic carbocycles. The third-order valence-corrected chi connectivity index (χ3v) is 5.58. The molecular weight excluding hydrogens is 411 g/mol. The first-order valence-electron chi connectivity index (χ1n) is 10.6. The predicted octanol–water partition coefficient (Wildman–Crippen LogP) is 4.46. The van der Waals surface area contributed by atoms with Crippen molar-refractivity contribution < 1.29 is 18.6 Å². The second-order valence-electron chi connectivity index (χ2n) is 8.16. The third kappa shape index (κ3) is 4.24. The number of hydrogen-bond acceptors (Lipinski definition) is 7. The highest BCUT2D eigenvalue weighted by atomic mass is 19.1. The molecule has 0 amide bonds. The summed E-state index contributed by atoms with van der Waals surface area (Å²) in [5.74, 6) is 1.21. The number of aromatic nitrogens is 1. The van der Waals surface area contributed by atoms with E-state index in [0.29, 0.717) is 46.1 Å². The number of fused-ring (bicyclic) bond motifs is 5. The second kappa shape index (κ2) is 8.87. The average Bonchev–Trinajstić information content (AvgIpc) is 2.78. The Hall–Kier alpha value is -3.60. The highest BCUT2D eigenvalue weighted by Gasteiger charge is 2.29. The molecule has 2 aromatic rings. The number of ether oxygens (including phenoxy) is 3. The number of pyridine rings is 1. The number of nitrogens with two attached hydrogens (primary N) is 1. The predicted molar refractivity (Wildman–Crippen MR) is 119 cm³/mol. The maximum atomic E-state index is 13.9. The Labute approximate surface area is 186 Å². The van der Waals surface area contributed by atoms with Gasteiger partial charge in [-0.3, -0.25) is 0 Å². The molecule has 0 fully saturated rings. The van der Waals surface area contributed by atoms with Gasteiger partial charge in [-0.15, -0.1) is 0 Å². The summed E-state index contributed by atoms with van der Waals surface area (Å²) in [4.78, 5) is 9.05. The van der Waals surface area contributed by atoms with Crippen molar-refractivity contribution in [2.45, 2.75) is 39.3 Å². The van der Waals surface area contributed by atoms with Crippen LogP contribution in [-0.2, 0) is 4.74 Å². The van der Waals surface area contributed by atoms with E-state index in [1.54, 1.807) is 25.3 Å². The van der Waals surface area contributed by atoms with Crippen molar-refractivity contribution in [3.8, 4) is 17.6 Å². The van der Waals surface area contributed by atoms with E-state index >= 15 is 0 Å². The first-order valence-corrected chi connectivity index (χ1v) is 10.6. The van der Waals surface area contributed by atoms with Gasteiger partial charge in [-0.05, 0) is 37.1 Å². The van der Waals surface area contributed by atoms with Crippen LogP contribution in [0.3, 0.4) is 0 Å². The Kier molecular flexibility index (Phi) is 5.99. The van der Waals surface area contributed by atoms with Crippen LogP contribution in [0, 0.1) is 23.1 Å². The first kappa shape index (κ1) is 21.6. The van der Waals surface area contributed by atoms with Crippen molar-refractivity contribution in [1.29, 1.82) is 5.26 Å². The van der Waals surface area contributed by atoms with Crippen LogP contribution in [0.4, 0.5) is 10.2 Å². The Morgan fingerprint density at radius 1 is 1.19 bits per heavy atom. The number of aliphatic imine (C=N–C) groups is 1.